The fraction of sp³-hybridized carbons (Fsp3) is 0.800. The summed E-state index contributed by atoms with van der Waals surface area (Å²) in [6, 6.07) is 0. The molecule has 2 N–H and O–H groups in total. The third-order valence-electron chi connectivity index (χ3n) is 2.54. The molecule has 0 saturated carbocycles. The Morgan fingerprint density at radius 1 is 1.31 bits per heavy atom. The number of hydrogen-bond acceptors (Lipinski definition) is 2. The van der Waals surface area contributed by atoms with Crippen LogP contribution in [0.25, 0.3) is 0 Å². The van der Waals surface area contributed by atoms with E-state index in [0.29, 0.717) is 0 Å². The summed E-state index contributed by atoms with van der Waals surface area (Å²) in [4.78, 5) is 21.7. The lowest BCUT2D eigenvalue weighted by atomic mass is 9.93. The predicted molar refractivity (Wildman–Crippen MR) is 52.1 cm³/mol. The fourth-order valence-electron chi connectivity index (χ4n) is 1.20. The summed E-state index contributed by atoms with van der Waals surface area (Å²) in [6.07, 6.45) is 2.25. The predicted octanol–water partition coefficient (Wildman–Crippen LogP) is 1.50. The maximum atomic E-state index is 10.9. The van der Waals surface area contributed by atoms with Gasteiger partial charge in [0.25, 0.3) is 0 Å². The zero-order chi connectivity index (χ0) is 10.4. The fourth-order valence-corrected chi connectivity index (χ4v) is 1.20. The van der Waals surface area contributed by atoms with Crippen molar-refractivity contribution in [3.05, 3.63) is 0 Å². The second-order valence-electron chi connectivity index (χ2n) is 3.60. The van der Waals surface area contributed by atoms with E-state index in [1.54, 1.807) is 6.92 Å². The molecule has 0 aromatic rings. The van der Waals surface area contributed by atoms with Crippen molar-refractivity contribution in [2.45, 2.75) is 40.0 Å². The van der Waals surface area contributed by atoms with Gasteiger partial charge in [0.1, 0.15) is 5.78 Å². The summed E-state index contributed by atoms with van der Waals surface area (Å²) in [7, 11) is 0. The molecule has 0 heterocycles. The third-order valence-corrected chi connectivity index (χ3v) is 2.54. The van der Waals surface area contributed by atoms with Crippen LogP contribution in [-0.2, 0) is 9.59 Å². The lowest BCUT2D eigenvalue weighted by Crippen LogP contribution is -2.23. The van der Waals surface area contributed by atoms with Gasteiger partial charge in [-0.3, -0.25) is 9.59 Å². The first kappa shape index (κ1) is 12.1. The number of nitrogens with two attached hydrogens (primary N) is 1. The SMILES string of the molecule is CCC(CCC(C)C(C)=O)C(N)=O. The van der Waals surface area contributed by atoms with Crippen LogP contribution in [0.1, 0.15) is 40.0 Å². The second kappa shape index (κ2) is 5.73. The Kier molecular flexibility index (Phi) is 5.35. The van der Waals surface area contributed by atoms with Gasteiger partial charge in [-0.2, -0.15) is 0 Å². The number of hydrogen-bond donors (Lipinski definition) is 1. The van der Waals surface area contributed by atoms with Crippen LogP contribution in [0, 0.1) is 11.8 Å². The van der Waals surface area contributed by atoms with Gasteiger partial charge in [-0.15, -0.1) is 0 Å². The topological polar surface area (TPSA) is 60.2 Å². The standard InChI is InChI=1S/C10H19NO2/c1-4-9(10(11)13)6-5-7(2)8(3)12/h7,9H,4-6H2,1-3H3,(H2,11,13). The Balaban J connectivity index is 3.85. The molecule has 0 radical (unpaired) electrons. The highest BCUT2D eigenvalue weighted by Gasteiger charge is 2.15. The number of amides is 1. The molecule has 13 heavy (non-hydrogen) atoms. The first-order valence-electron chi connectivity index (χ1n) is 4.78. The van der Waals surface area contributed by atoms with Crippen LogP contribution in [0.15, 0.2) is 0 Å². The van der Waals surface area contributed by atoms with Crippen molar-refractivity contribution < 1.29 is 9.59 Å². The largest absolute Gasteiger partial charge is 0.369 e. The minimum atomic E-state index is -0.252. The molecular formula is C10H19NO2. The van der Waals surface area contributed by atoms with Gasteiger partial charge < -0.3 is 5.73 Å². The molecule has 0 aromatic heterocycles. The molecule has 0 aliphatic heterocycles. The van der Waals surface area contributed by atoms with Crippen molar-refractivity contribution in [3.8, 4) is 0 Å². The number of rotatable bonds is 6. The van der Waals surface area contributed by atoms with Crippen LogP contribution in [-0.4, -0.2) is 11.7 Å². The highest BCUT2D eigenvalue weighted by Crippen LogP contribution is 2.15. The Bertz CT molecular complexity index is 189. The molecule has 76 valence electrons. The van der Waals surface area contributed by atoms with Crippen molar-refractivity contribution in [2.75, 3.05) is 0 Å². The van der Waals surface area contributed by atoms with Crippen LogP contribution in [0.4, 0.5) is 0 Å². The normalized spacial score (nSPS) is 15.0. The van der Waals surface area contributed by atoms with Crippen molar-refractivity contribution in [2.24, 2.45) is 17.6 Å². The molecule has 3 nitrogen and oxygen atoms in total. The molecule has 1 amide bonds. The number of Topliss-reactive ketones (excluding diaryl/α,β-unsaturated/α-hetero) is 1. The van der Waals surface area contributed by atoms with Gasteiger partial charge in [-0.25, -0.2) is 0 Å². The maximum absolute atomic E-state index is 10.9. The summed E-state index contributed by atoms with van der Waals surface area (Å²) >= 11 is 0. The molecular weight excluding hydrogens is 166 g/mol. The molecule has 0 aliphatic carbocycles. The lowest BCUT2D eigenvalue weighted by Gasteiger charge is -2.12. The molecule has 0 aromatic carbocycles. The van der Waals surface area contributed by atoms with Crippen LogP contribution >= 0.6 is 0 Å². The monoisotopic (exact) mass is 185 g/mol. The quantitative estimate of drug-likeness (QED) is 0.681. The summed E-state index contributed by atoms with van der Waals surface area (Å²) in [6.45, 7) is 5.40. The average Bonchev–Trinajstić information content (AvgIpc) is 2.04. The highest BCUT2D eigenvalue weighted by atomic mass is 16.1. The summed E-state index contributed by atoms with van der Waals surface area (Å²) < 4.78 is 0. The molecule has 0 bridgehead atoms. The number of ketones is 1. The molecule has 2 unspecified atom stereocenters. The van der Waals surface area contributed by atoms with E-state index in [1.807, 2.05) is 13.8 Å². The number of primary amides is 1. The molecule has 0 aliphatic rings. The van der Waals surface area contributed by atoms with Gasteiger partial charge >= 0.3 is 0 Å². The van der Waals surface area contributed by atoms with E-state index >= 15 is 0 Å². The van der Waals surface area contributed by atoms with Gasteiger partial charge in [0.15, 0.2) is 0 Å². The minimum absolute atomic E-state index is 0.0494. The van der Waals surface area contributed by atoms with E-state index < -0.39 is 0 Å². The summed E-state index contributed by atoms with van der Waals surface area (Å²) in [5, 5.41) is 0. The summed E-state index contributed by atoms with van der Waals surface area (Å²) in [5.41, 5.74) is 5.19. The zero-order valence-electron chi connectivity index (χ0n) is 8.67. The van der Waals surface area contributed by atoms with E-state index in [4.69, 9.17) is 5.73 Å². The Morgan fingerprint density at radius 3 is 2.15 bits per heavy atom. The van der Waals surface area contributed by atoms with Gasteiger partial charge in [0.2, 0.25) is 5.91 Å². The van der Waals surface area contributed by atoms with Gasteiger partial charge in [0.05, 0.1) is 0 Å². The van der Waals surface area contributed by atoms with E-state index in [2.05, 4.69) is 0 Å². The van der Waals surface area contributed by atoms with Crippen molar-refractivity contribution >= 4 is 11.7 Å². The second-order valence-corrected chi connectivity index (χ2v) is 3.60. The number of carbonyl (C=O) groups is 2. The molecule has 2 atom stereocenters. The van der Waals surface area contributed by atoms with Crippen molar-refractivity contribution in [1.29, 1.82) is 0 Å². The minimum Gasteiger partial charge on any atom is -0.369 e. The van der Waals surface area contributed by atoms with Crippen molar-refractivity contribution in [1.82, 2.24) is 0 Å². The smallest absolute Gasteiger partial charge is 0.220 e. The average molecular weight is 185 g/mol. The molecule has 0 fully saturated rings. The van der Waals surface area contributed by atoms with Crippen molar-refractivity contribution in [3.63, 3.8) is 0 Å². The first-order chi connectivity index (χ1) is 5.99. The van der Waals surface area contributed by atoms with E-state index in [1.165, 1.54) is 0 Å². The highest BCUT2D eigenvalue weighted by molar-refractivity contribution is 5.78. The van der Waals surface area contributed by atoms with Crippen LogP contribution < -0.4 is 5.73 Å². The van der Waals surface area contributed by atoms with E-state index in [0.717, 1.165) is 19.3 Å². The lowest BCUT2D eigenvalue weighted by molar-refractivity contribution is -0.123. The van der Waals surface area contributed by atoms with E-state index in [9.17, 15) is 9.59 Å². The van der Waals surface area contributed by atoms with Crippen LogP contribution in [0.3, 0.4) is 0 Å². The summed E-state index contributed by atoms with van der Waals surface area (Å²) in [5.74, 6) is -0.0900. The zero-order valence-corrected chi connectivity index (χ0v) is 8.67. The molecule has 0 saturated heterocycles. The van der Waals surface area contributed by atoms with E-state index in [-0.39, 0.29) is 23.5 Å². The van der Waals surface area contributed by atoms with Gasteiger partial charge in [0, 0.05) is 11.8 Å². The van der Waals surface area contributed by atoms with Crippen LogP contribution in [0.2, 0.25) is 0 Å². The third kappa shape index (κ3) is 4.65. The Morgan fingerprint density at radius 2 is 1.85 bits per heavy atom. The van der Waals surface area contributed by atoms with Gasteiger partial charge in [-0.05, 0) is 26.2 Å². The molecule has 3 heteroatoms. The Labute approximate surface area is 79.7 Å². The molecule has 0 rings (SSSR count). The number of carbonyl (C=O) groups excluding carboxylic acids is 2. The Hall–Kier alpha value is -0.860. The van der Waals surface area contributed by atoms with Crippen LogP contribution in [0.5, 0.6) is 0 Å². The van der Waals surface area contributed by atoms with Gasteiger partial charge in [-0.1, -0.05) is 13.8 Å². The maximum Gasteiger partial charge on any atom is 0.220 e. The first-order valence-corrected chi connectivity index (χ1v) is 4.78. The molecule has 0 spiro atoms.